The third-order valence-electron chi connectivity index (χ3n) is 3.38. The SMILES string of the molecule is CCNC(=NCc1nnc(C)n1C)NCCc1nc(C(F)(F)F)cs1. The Kier molecular flexibility index (Phi) is 6.34. The van der Waals surface area contributed by atoms with Crippen LogP contribution < -0.4 is 10.6 Å². The zero-order chi connectivity index (χ0) is 18.4. The largest absolute Gasteiger partial charge is 0.434 e. The first-order valence-corrected chi connectivity index (χ1v) is 8.58. The molecule has 0 saturated heterocycles. The summed E-state index contributed by atoms with van der Waals surface area (Å²) >= 11 is 1.00. The van der Waals surface area contributed by atoms with E-state index in [4.69, 9.17) is 0 Å². The van der Waals surface area contributed by atoms with Crippen LogP contribution in [0, 0.1) is 6.92 Å². The van der Waals surface area contributed by atoms with Gasteiger partial charge in [0.15, 0.2) is 17.5 Å². The number of halogens is 3. The maximum Gasteiger partial charge on any atom is 0.434 e. The summed E-state index contributed by atoms with van der Waals surface area (Å²) in [6.45, 7) is 5.22. The molecule has 138 valence electrons. The third-order valence-corrected chi connectivity index (χ3v) is 4.29. The predicted molar refractivity (Wildman–Crippen MR) is 89.4 cm³/mol. The van der Waals surface area contributed by atoms with Gasteiger partial charge in [-0.2, -0.15) is 13.2 Å². The Morgan fingerprint density at radius 2 is 2.08 bits per heavy atom. The lowest BCUT2D eigenvalue weighted by atomic mass is 10.4. The van der Waals surface area contributed by atoms with Crippen molar-refractivity contribution in [3.05, 3.63) is 27.7 Å². The topological polar surface area (TPSA) is 80.0 Å². The zero-order valence-electron chi connectivity index (χ0n) is 14.2. The predicted octanol–water partition coefficient (Wildman–Crippen LogP) is 1.90. The first kappa shape index (κ1) is 19.2. The molecule has 0 saturated carbocycles. The van der Waals surface area contributed by atoms with E-state index in [-0.39, 0.29) is 0 Å². The summed E-state index contributed by atoms with van der Waals surface area (Å²) in [5.74, 6) is 2.09. The molecule has 0 unspecified atom stereocenters. The van der Waals surface area contributed by atoms with E-state index < -0.39 is 11.9 Å². The molecule has 0 spiro atoms. The minimum atomic E-state index is -4.40. The molecule has 0 bridgehead atoms. The summed E-state index contributed by atoms with van der Waals surface area (Å²) in [6, 6.07) is 0. The van der Waals surface area contributed by atoms with Crippen LogP contribution in [0.2, 0.25) is 0 Å². The van der Waals surface area contributed by atoms with E-state index in [1.807, 2.05) is 25.5 Å². The molecule has 0 radical (unpaired) electrons. The Labute approximate surface area is 147 Å². The Morgan fingerprint density at radius 1 is 1.32 bits per heavy atom. The van der Waals surface area contributed by atoms with E-state index in [9.17, 15) is 13.2 Å². The van der Waals surface area contributed by atoms with E-state index in [1.54, 1.807) is 0 Å². The maximum atomic E-state index is 12.5. The van der Waals surface area contributed by atoms with Gasteiger partial charge in [-0.15, -0.1) is 21.5 Å². The van der Waals surface area contributed by atoms with E-state index in [0.717, 1.165) is 28.4 Å². The molecule has 0 amide bonds. The van der Waals surface area contributed by atoms with Crippen molar-refractivity contribution in [3.63, 3.8) is 0 Å². The molecule has 0 atom stereocenters. The lowest BCUT2D eigenvalue weighted by Gasteiger charge is -2.10. The number of alkyl halides is 3. The van der Waals surface area contributed by atoms with E-state index in [0.29, 0.717) is 37.0 Å². The smallest absolute Gasteiger partial charge is 0.357 e. The fourth-order valence-electron chi connectivity index (χ4n) is 1.92. The molecule has 2 rings (SSSR count). The lowest BCUT2D eigenvalue weighted by Crippen LogP contribution is -2.38. The van der Waals surface area contributed by atoms with Crippen molar-refractivity contribution >= 4 is 17.3 Å². The van der Waals surface area contributed by atoms with Crippen molar-refractivity contribution < 1.29 is 13.2 Å². The molecule has 2 aromatic rings. The normalized spacial score (nSPS) is 12.5. The molecule has 2 heterocycles. The second-order valence-electron chi connectivity index (χ2n) is 5.22. The van der Waals surface area contributed by atoms with Crippen LogP contribution in [0.4, 0.5) is 13.2 Å². The quantitative estimate of drug-likeness (QED) is 0.595. The summed E-state index contributed by atoms with van der Waals surface area (Å²) in [4.78, 5) is 8.01. The van der Waals surface area contributed by atoms with Gasteiger partial charge in [0.2, 0.25) is 0 Å². The Morgan fingerprint density at radius 3 is 2.64 bits per heavy atom. The van der Waals surface area contributed by atoms with E-state index in [2.05, 4.69) is 30.8 Å². The molecule has 0 fully saturated rings. The fourth-order valence-corrected chi connectivity index (χ4v) is 2.73. The van der Waals surface area contributed by atoms with Crippen LogP contribution in [0.5, 0.6) is 0 Å². The lowest BCUT2D eigenvalue weighted by molar-refractivity contribution is -0.140. The molecule has 2 aromatic heterocycles. The van der Waals surface area contributed by atoms with Crippen LogP contribution in [0.1, 0.15) is 29.3 Å². The van der Waals surface area contributed by atoms with Crippen LogP contribution in [-0.2, 0) is 26.2 Å². The van der Waals surface area contributed by atoms with Crippen LogP contribution in [0.3, 0.4) is 0 Å². The molecular weight excluding hydrogens is 355 g/mol. The second kappa shape index (κ2) is 8.28. The van der Waals surface area contributed by atoms with Crippen molar-refractivity contribution in [1.29, 1.82) is 0 Å². The number of thiazole rings is 1. The van der Waals surface area contributed by atoms with Crippen molar-refractivity contribution in [2.24, 2.45) is 12.0 Å². The molecule has 0 aromatic carbocycles. The second-order valence-corrected chi connectivity index (χ2v) is 6.16. The van der Waals surface area contributed by atoms with Gasteiger partial charge in [-0.25, -0.2) is 9.98 Å². The van der Waals surface area contributed by atoms with E-state index >= 15 is 0 Å². The number of nitrogens with one attached hydrogen (secondary N) is 2. The fraction of sp³-hybridized carbons (Fsp3) is 0.571. The van der Waals surface area contributed by atoms with Crippen LogP contribution in [0.15, 0.2) is 10.4 Å². The summed E-state index contributed by atoms with van der Waals surface area (Å²) in [7, 11) is 1.86. The Balaban J connectivity index is 1.89. The number of rotatable bonds is 6. The number of aryl methyl sites for hydroxylation is 1. The standard InChI is InChI=1S/C14H20F3N7S/c1-4-18-13(20-7-11-23-22-9(2)24(11)3)19-6-5-12-21-10(8-25-12)14(15,16)17/h8H,4-7H2,1-3H3,(H2,18,19,20). The number of aromatic nitrogens is 4. The highest BCUT2D eigenvalue weighted by Gasteiger charge is 2.33. The number of hydrogen-bond donors (Lipinski definition) is 2. The van der Waals surface area contributed by atoms with Crippen LogP contribution in [0.25, 0.3) is 0 Å². The number of nitrogens with zero attached hydrogens (tertiary/aromatic N) is 5. The minimum Gasteiger partial charge on any atom is -0.357 e. The van der Waals surface area contributed by atoms with Gasteiger partial charge in [-0.1, -0.05) is 0 Å². The summed E-state index contributed by atoms with van der Waals surface area (Å²) in [5.41, 5.74) is -0.842. The number of aliphatic imine (C=N–C) groups is 1. The van der Waals surface area contributed by atoms with E-state index in [1.165, 1.54) is 0 Å². The van der Waals surface area contributed by atoms with Gasteiger partial charge in [0.1, 0.15) is 12.4 Å². The highest BCUT2D eigenvalue weighted by molar-refractivity contribution is 7.09. The zero-order valence-corrected chi connectivity index (χ0v) is 15.0. The minimum absolute atomic E-state index is 0.349. The highest BCUT2D eigenvalue weighted by atomic mass is 32.1. The molecule has 2 N–H and O–H groups in total. The van der Waals surface area contributed by atoms with Crippen molar-refractivity contribution in [2.75, 3.05) is 13.1 Å². The molecule has 7 nitrogen and oxygen atoms in total. The number of hydrogen-bond acceptors (Lipinski definition) is 5. The summed E-state index contributed by atoms with van der Waals surface area (Å²) < 4.78 is 39.5. The molecule has 11 heteroatoms. The van der Waals surface area contributed by atoms with Gasteiger partial charge in [0.25, 0.3) is 0 Å². The first-order valence-electron chi connectivity index (χ1n) is 7.70. The molecular formula is C14H20F3N7S. The van der Waals surface area contributed by atoms with Crippen LogP contribution >= 0.6 is 11.3 Å². The van der Waals surface area contributed by atoms with Crippen molar-refractivity contribution in [3.8, 4) is 0 Å². The van der Waals surface area contributed by atoms with Gasteiger partial charge >= 0.3 is 6.18 Å². The molecule has 0 aliphatic heterocycles. The highest BCUT2D eigenvalue weighted by Crippen LogP contribution is 2.29. The van der Waals surface area contributed by atoms with Gasteiger partial charge in [0.05, 0.1) is 5.01 Å². The molecule has 0 aliphatic carbocycles. The monoisotopic (exact) mass is 375 g/mol. The Hall–Kier alpha value is -2.17. The van der Waals surface area contributed by atoms with Gasteiger partial charge < -0.3 is 15.2 Å². The number of guanidine groups is 1. The van der Waals surface area contributed by atoms with Crippen molar-refractivity contribution in [2.45, 2.75) is 33.0 Å². The summed E-state index contributed by atoms with van der Waals surface area (Å²) in [6.07, 6.45) is -4.01. The average molecular weight is 375 g/mol. The third kappa shape index (κ3) is 5.41. The van der Waals surface area contributed by atoms with Gasteiger partial charge in [-0.05, 0) is 13.8 Å². The first-order chi connectivity index (χ1) is 11.8. The maximum absolute atomic E-state index is 12.5. The van der Waals surface area contributed by atoms with Gasteiger partial charge in [-0.3, -0.25) is 0 Å². The van der Waals surface area contributed by atoms with Crippen molar-refractivity contribution in [1.82, 2.24) is 30.4 Å². The molecule has 0 aliphatic rings. The van der Waals surface area contributed by atoms with Crippen LogP contribution in [-0.4, -0.2) is 38.8 Å². The van der Waals surface area contributed by atoms with Gasteiger partial charge in [0, 0.05) is 31.9 Å². The Bertz CT molecular complexity index is 720. The average Bonchev–Trinajstić information content (AvgIpc) is 3.14. The summed E-state index contributed by atoms with van der Waals surface area (Å²) in [5, 5.41) is 15.6. The molecule has 25 heavy (non-hydrogen) atoms.